The van der Waals surface area contributed by atoms with Gasteiger partial charge in [-0.1, -0.05) is 11.3 Å². The molecule has 0 spiro atoms. The first-order valence-corrected chi connectivity index (χ1v) is 8.74. The third kappa shape index (κ3) is 4.78. The van der Waals surface area contributed by atoms with Crippen LogP contribution in [0.5, 0.6) is 0 Å². The predicted octanol–water partition coefficient (Wildman–Crippen LogP) is 3.05. The number of benzene rings is 1. The van der Waals surface area contributed by atoms with Gasteiger partial charge >= 0.3 is 17.1 Å². The van der Waals surface area contributed by atoms with Gasteiger partial charge in [0.15, 0.2) is 6.61 Å². The molecule has 0 fully saturated rings. The highest BCUT2D eigenvalue weighted by atomic mass is 32.1. The van der Waals surface area contributed by atoms with Crippen LogP contribution in [-0.4, -0.2) is 38.2 Å². The summed E-state index contributed by atoms with van der Waals surface area (Å²) in [7, 11) is 0. The van der Waals surface area contributed by atoms with E-state index in [2.05, 4.69) is 15.4 Å². The summed E-state index contributed by atoms with van der Waals surface area (Å²) in [5.41, 5.74) is -1.14. The van der Waals surface area contributed by atoms with Gasteiger partial charge in [-0.2, -0.15) is 18.3 Å². The van der Waals surface area contributed by atoms with E-state index in [-0.39, 0.29) is 21.3 Å². The number of esters is 1. The molecule has 30 heavy (non-hydrogen) atoms. The summed E-state index contributed by atoms with van der Waals surface area (Å²) in [5, 5.41) is 16.4. The molecule has 0 saturated carbocycles. The van der Waals surface area contributed by atoms with Crippen LogP contribution in [0.3, 0.4) is 0 Å². The van der Waals surface area contributed by atoms with Crippen molar-refractivity contribution in [1.82, 2.24) is 14.8 Å². The zero-order valence-corrected chi connectivity index (χ0v) is 15.4. The predicted molar refractivity (Wildman–Crippen MR) is 96.2 cm³/mol. The van der Waals surface area contributed by atoms with E-state index in [1.807, 2.05) is 0 Å². The highest BCUT2D eigenvalue weighted by molar-refractivity contribution is 7.17. The van der Waals surface area contributed by atoms with E-state index in [1.54, 1.807) is 0 Å². The van der Waals surface area contributed by atoms with Crippen molar-refractivity contribution < 1.29 is 32.4 Å². The number of hydrogen-bond acceptors (Lipinski definition) is 8. The molecule has 0 aliphatic carbocycles. The lowest BCUT2D eigenvalue weighted by molar-refractivity contribution is -0.380. The van der Waals surface area contributed by atoms with Crippen molar-refractivity contribution in [3.8, 4) is 5.69 Å². The number of hydrogen-bond donors (Lipinski definition) is 1. The fourth-order valence-corrected chi connectivity index (χ4v) is 2.98. The van der Waals surface area contributed by atoms with Crippen LogP contribution in [0.25, 0.3) is 5.69 Å². The zero-order chi connectivity index (χ0) is 21.9. The Morgan fingerprint density at radius 1 is 1.27 bits per heavy atom. The van der Waals surface area contributed by atoms with Gasteiger partial charge in [-0.25, -0.2) is 14.5 Å². The Balaban J connectivity index is 1.73. The van der Waals surface area contributed by atoms with Crippen molar-refractivity contribution in [3.63, 3.8) is 0 Å². The van der Waals surface area contributed by atoms with Crippen LogP contribution in [0.2, 0.25) is 0 Å². The highest BCUT2D eigenvalue weighted by Crippen LogP contribution is 2.33. The number of rotatable bonds is 6. The minimum Gasteiger partial charge on any atom is -0.451 e. The Labute approximate surface area is 169 Å². The van der Waals surface area contributed by atoms with Gasteiger partial charge in [-0.15, -0.1) is 0 Å². The van der Waals surface area contributed by atoms with Gasteiger partial charge in [-0.05, 0) is 24.3 Å². The van der Waals surface area contributed by atoms with Crippen LogP contribution in [0, 0.1) is 10.1 Å². The molecule has 3 rings (SSSR count). The SMILES string of the molecule is O=C(COC(=O)c1ccc([N+](=O)[O-])s1)Nc1cc(C(F)(F)F)ccc1-n1cncn1. The molecule has 1 N–H and O–H groups in total. The van der Waals surface area contributed by atoms with Gasteiger partial charge in [-0.3, -0.25) is 14.9 Å². The molecular weight excluding hydrogens is 431 g/mol. The molecule has 2 aromatic heterocycles. The van der Waals surface area contributed by atoms with Crippen LogP contribution in [0.1, 0.15) is 15.2 Å². The molecule has 0 atom stereocenters. The average Bonchev–Trinajstić information content (AvgIpc) is 3.37. The van der Waals surface area contributed by atoms with Crippen LogP contribution in [0.4, 0.5) is 23.9 Å². The number of nitro groups is 1. The molecule has 2 heterocycles. The van der Waals surface area contributed by atoms with Crippen molar-refractivity contribution in [2.75, 3.05) is 11.9 Å². The molecule has 3 aromatic rings. The van der Waals surface area contributed by atoms with Crippen molar-refractivity contribution in [3.05, 3.63) is 63.5 Å². The van der Waals surface area contributed by atoms with Gasteiger partial charge < -0.3 is 10.1 Å². The number of carbonyl (C=O) groups is 2. The number of alkyl halides is 3. The Bertz CT molecular complexity index is 1100. The molecule has 0 bridgehead atoms. The van der Waals surface area contributed by atoms with Gasteiger partial charge in [0.2, 0.25) is 0 Å². The second-order valence-corrected chi connectivity index (χ2v) is 6.65. The van der Waals surface area contributed by atoms with E-state index in [9.17, 15) is 32.9 Å². The van der Waals surface area contributed by atoms with Crippen molar-refractivity contribution in [2.45, 2.75) is 6.18 Å². The van der Waals surface area contributed by atoms with Crippen LogP contribution >= 0.6 is 11.3 Å². The van der Waals surface area contributed by atoms with Gasteiger partial charge in [0.1, 0.15) is 17.5 Å². The first-order valence-electron chi connectivity index (χ1n) is 7.92. The number of nitrogens with one attached hydrogen (secondary N) is 1. The third-order valence-corrected chi connectivity index (χ3v) is 4.59. The monoisotopic (exact) mass is 441 g/mol. The maximum Gasteiger partial charge on any atom is 0.416 e. The Kier molecular flexibility index (Phi) is 5.77. The molecular formula is C16H10F3N5O5S. The number of anilines is 1. The lowest BCUT2D eigenvalue weighted by atomic mass is 10.1. The molecule has 1 aromatic carbocycles. The summed E-state index contributed by atoms with van der Waals surface area (Å²) in [6.45, 7) is -0.822. The van der Waals surface area contributed by atoms with E-state index in [4.69, 9.17) is 4.74 Å². The molecule has 0 radical (unpaired) electrons. The summed E-state index contributed by atoms with van der Waals surface area (Å²) in [4.78, 5) is 37.6. The van der Waals surface area contributed by atoms with Crippen molar-refractivity contribution in [2.24, 2.45) is 0 Å². The number of carbonyl (C=O) groups excluding carboxylic acids is 2. The van der Waals surface area contributed by atoms with E-state index in [1.165, 1.54) is 12.4 Å². The number of halogens is 3. The van der Waals surface area contributed by atoms with Gasteiger partial charge in [0.25, 0.3) is 5.91 Å². The third-order valence-electron chi connectivity index (χ3n) is 3.57. The van der Waals surface area contributed by atoms with Crippen molar-refractivity contribution in [1.29, 1.82) is 0 Å². The molecule has 0 aliphatic heterocycles. The molecule has 14 heteroatoms. The quantitative estimate of drug-likeness (QED) is 0.354. The average molecular weight is 441 g/mol. The lowest BCUT2D eigenvalue weighted by Crippen LogP contribution is -2.22. The maximum absolute atomic E-state index is 13.0. The molecule has 0 aliphatic rings. The number of aromatic nitrogens is 3. The van der Waals surface area contributed by atoms with E-state index < -0.39 is 35.1 Å². The van der Waals surface area contributed by atoms with Gasteiger partial charge in [0, 0.05) is 6.07 Å². The first-order chi connectivity index (χ1) is 14.1. The van der Waals surface area contributed by atoms with Crippen LogP contribution < -0.4 is 5.32 Å². The smallest absolute Gasteiger partial charge is 0.416 e. The summed E-state index contributed by atoms with van der Waals surface area (Å²) in [6.07, 6.45) is -2.27. The van der Waals surface area contributed by atoms with E-state index in [0.717, 1.165) is 29.2 Å². The van der Waals surface area contributed by atoms with Crippen LogP contribution in [0.15, 0.2) is 43.0 Å². The van der Waals surface area contributed by atoms with E-state index >= 15 is 0 Å². The standard InChI is InChI=1S/C16H10F3N5O5S/c17-16(18,19)9-1-2-11(23-8-20-7-21-23)10(5-9)22-13(25)6-29-15(26)12-3-4-14(30-12)24(27)28/h1-5,7-8H,6H2,(H,22,25). The topological polar surface area (TPSA) is 129 Å². The molecule has 156 valence electrons. The second kappa shape index (κ2) is 8.28. The van der Waals surface area contributed by atoms with Gasteiger partial charge in [0.05, 0.1) is 21.9 Å². The lowest BCUT2D eigenvalue weighted by Gasteiger charge is -2.14. The fraction of sp³-hybridized carbons (Fsp3) is 0.125. The highest BCUT2D eigenvalue weighted by Gasteiger charge is 2.31. The molecule has 0 unspecified atom stereocenters. The normalized spacial score (nSPS) is 11.2. The van der Waals surface area contributed by atoms with Crippen LogP contribution in [-0.2, 0) is 15.7 Å². The summed E-state index contributed by atoms with van der Waals surface area (Å²) >= 11 is 0.561. The van der Waals surface area contributed by atoms with Crippen molar-refractivity contribution >= 4 is 33.9 Å². The minimum atomic E-state index is -4.65. The number of nitrogens with zero attached hydrogens (tertiary/aromatic N) is 4. The molecule has 0 saturated heterocycles. The second-order valence-electron chi connectivity index (χ2n) is 5.59. The minimum absolute atomic E-state index is 0.100. The zero-order valence-electron chi connectivity index (χ0n) is 14.6. The van der Waals surface area contributed by atoms with E-state index in [0.29, 0.717) is 17.4 Å². The first kappa shape index (κ1) is 20.9. The Hall–Kier alpha value is -3.81. The molecule has 10 nitrogen and oxygen atoms in total. The number of ether oxygens (including phenoxy) is 1. The largest absolute Gasteiger partial charge is 0.451 e. The maximum atomic E-state index is 13.0. The summed E-state index contributed by atoms with van der Waals surface area (Å²) in [5.74, 6) is -1.90. The number of thiophene rings is 1. The fourth-order valence-electron chi connectivity index (χ4n) is 2.27. The Morgan fingerprint density at radius 3 is 2.63 bits per heavy atom. The molecule has 1 amide bonds. The Morgan fingerprint density at radius 2 is 2.03 bits per heavy atom. The number of amides is 1. The summed E-state index contributed by atoms with van der Waals surface area (Å²) < 4.78 is 45.0. The summed E-state index contributed by atoms with van der Waals surface area (Å²) in [6, 6.07) is 4.90.